The number of piperazine rings is 1. The summed E-state index contributed by atoms with van der Waals surface area (Å²) in [7, 11) is 0. The van der Waals surface area contributed by atoms with Crippen LogP contribution in [0.2, 0.25) is 0 Å². The van der Waals surface area contributed by atoms with E-state index in [1.165, 1.54) is 18.9 Å². The van der Waals surface area contributed by atoms with Crippen LogP contribution in [0.25, 0.3) is 0 Å². The molecule has 4 heterocycles. The van der Waals surface area contributed by atoms with Gasteiger partial charge in [-0.3, -0.25) is 14.4 Å². The Kier molecular flexibility index (Phi) is 7.88. The van der Waals surface area contributed by atoms with Crippen LogP contribution in [0.1, 0.15) is 77.6 Å². The van der Waals surface area contributed by atoms with Gasteiger partial charge in [-0.15, -0.1) is 0 Å². The van der Waals surface area contributed by atoms with E-state index in [1.54, 1.807) is 6.07 Å². The fraction of sp³-hybridized carbons (Fsp3) is 0.483. The molecule has 12 heteroatoms. The molecule has 12 nitrogen and oxygen atoms in total. The van der Waals surface area contributed by atoms with Crippen LogP contribution in [0, 0.1) is 0 Å². The average Bonchev–Trinajstić information content (AvgIpc) is 3.59. The number of likely N-dealkylation sites (tertiary alicyclic amines) is 1. The Balaban J connectivity index is 1.14. The molecule has 0 atom stereocenters. The average molecular weight is 559 g/mol. The van der Waals surface area contributed by atoms with Gasteiger partial charge in [0.1, 0.15) is 18.9 Å². The summed E-state index contributed by atoms with van der Waals surface area (Å²) >= 11 is 0. The molecule has 1 aromatic carbocycles. The number of Topliss-reactive ketones (excluding diaryl/α,β-unsaturated/α-hetero) is 1. The first kappa shape index (κ1) is 26.9. The predicted octanol–water partition coefficient (Wildman–Crippen LogP) is 3.29. The summed E-state index contributed by atoms with van der Waals surface area (Å²) in [6.07, 6.45) is 9.86. The Morgan fingerprint density at radius 1 is 1.00 bits per heavy atom. The molecule has 2 amide bonds. The highest BCUT2D eigenvalue weighted by atomic mass is 16.3. The highest BCUT2D eigenvalue weighted by molar-refractivity contribution is 6.06. The van der Waals surface area contributed by atoms with Crippen molar-refractivity contribution >= 4 is 34.9 Å². The van der Waals surface area contributed by atoms with Gasteiger partial charge in [0.25, 0.3) is 5.91 Å². The molecule has 0 spiro atoms. The minimum Gasteiger partial charge on any atom is -0.448 e. The third kappa shape index (κ3) is 6.36. The second kappa shape index (κ2) is 12.0. The third-order valence-electron chi connectivity index (χ3n) is 7.88. The van der Waals surface area contributed by atoms with Crippen LogP contribution >= 0.6 is 0 Å². The number of nitrogens with zero attached hydrogens (tertiary/aromatic N) is 7. The topological polar surface area (TPSA) is 138 Å². The van der Waals surface area contributed by atoms with Gasteiger partial charge in [-0.25, -0.2) is 19.9 Å². The van der Waals surface area contributed by atoms with Crippen molar-refractivity contribution in [3.63, 3.8) is 0 Å². The summed E-state index contributed by atoms with van der Waals surface area (Å²) < 4.78 is 5.53. The maximum atomic E-state index is 13.2. The second-order valence-electron chi connectivity index (χ2n) is 10.8. The number of nitrogens with one attached hydrogen (secondary N) is 1. The first-order valence-corrected chi connectivity index (χ1v) is 14.4. The van der Waals surface area contributed by atoms with E-state index in [0.717, 1.165) is 37.9 Å². The summed E-state index contributed by atoms with van der Waals surface area (Å²) in [5.74, 6) is 1.39. The summed E-state index contributed by atoms with van der Waals surface area (Å²) in [6, 6.07) is 5.50. The Labute approximate surface area is 238 Å². The van der Waals surface area contributed by atoms with Crippen molar-refractivity contribution in [2.24, 2.45) is 0 Å². The number of ketones is 1. The number of anilines is 3. The van der Waals surface area contributed by atoms with E-state index in [4.69, 9.17) is 4.42 Å². The molecule has 2 saturated heterocycles. The number of aromatic nitrogens is 4. The molecule has 214 valence electrons. The highest BCUT2D eigenvalue weighted by Gasteiger charge is 2.30. The lowest BCUT2D eigenvalue weighted by molar-refractivity contribution is -0.127. The lowest BCUT2D eigenvalue weighted by Gasteiger charge is -2.36. The predicted molar refractivity (Wildman–Crippen MR) is 151 cm³/mol. The third-order valence-corrected chi connectivity index (χ3v) is 7.88. The zero-order valence-corrected chi connectivity index (χ0v) is 23.0. The van der Waals surface area contributed by atoms with Gasteiger partial charge < -0.3 is 24.4 Å². The van der Waals surface area contributed by atoms with Crippen molar-refractivity contribution in [3.05, 3.63) is 54.3 Å². The van der Waals surface area contributed by atoms with Crippen molar-refractivity contribution < 1.29 is 18.8 Å². The normalized spacial score (nSPS) is 17.3. The van der Waals surface area contributed by atoms with Gasteiger partial charge in [0.05, 0.1) is 11.4 Å². The highest BCUT2D eigenvalue weighted by Crippen LogP contribution is 2.39. The Morgan fingerprint density at radius 2 is 1.78 bits per heavy atom. The number of rotatable bonds is 11. The maximum Gasteiger partial charge on any atom is 0.277 e. The molecule has 41 heavy (non-hydrogen) atoms. The Morgan fingerprint density at radius 3 is 2.51 bits per heavy atom. The Hall–Kier alpha value is -4.35. The maximum absolute atomic E-state index is 13.2. The molecule has 1 saturated carbocycles. The molecular formula is C29H34N8O4. The number of hydrogen-bond donors (Lipinski definition) is 1. The molecule has 1 aliphatic carbocycles. The number of oxazole rings is 1. The lowest BCUT2D eigenvalue weighted by atomic mass is 10.0. The van der Waals surface area contributed by atoms with Gasteiger partial charge in [-0.2, -0.15) is 0 Å². The summed E-state index contributed by atoms with van der Waals surface area (Å²) in [6.45, 7) is 4.29. The Bertz CT molecular complexity index is 1400. The smallest absolute Gasteiger partial charge is 0.277 e. The van der Waals surface area contributed by atoms with Crippen LogP contribution in [0.3, 0.4) is 0 Å². The van der Waals surface area contributed by atoms with Crippen LogP contribution in [0.5, 0.6) is 0 Å². The molecule has 3 aliphatic rings. The molecular weight excluding hydrogens is 524 g/mol. The van der Waals surface area contributed by atoms with Gasteiger partial charge in [0.15, 0.2) is 17.4 Å². The van der Waals surface area contributed by atoms with Crippen molar-refractivity contribution in [2.45, 2.75) is 50.9 Å². The molecule has 1 N–H and O–H groups in total. The van der Waals surface area contributed by atoms with E-state index in [-0.39, 0.29) is 23.3 Å². The van der Waals surface area contributed by atoms with E-state index >= 15 is 0 Å². The first-order chi connectivity index (χ1) is 20.0. The molecule has 3 fully saturated rings. The molecule has 0 radical (unpaired) electrons. The standard InChI is InChI=1S/C29H34N8O4/c38-25(4-1-2-10-36-11-3-5-26(36)39)21-8-9-24(35-12-14-37(15-13-35)29-31-18-30-19-32-29)22(16-21)33-27(40)23-17-41-28(34-23)20-6-7-20/h8-9,16-20H,1-7,10-15H2,(H,33,40). The van der Waals surface area contributed by atoms with Crippen LogP contribution in [-0.4, -0.2) is 81.7 Å². The van der Waals surface area contributed by atoms with Gasteiger partial charge in [-0.1, -0.05) is 0 Å². The zero-order valence-electron chi connectivity index (χ0n) is 23.0. The van der Waals surface area contributed by atoms with Crippen LogP contribution < -0.4 is 15.1 Å². The van der Waals surface area contributed by atoms with E-state index in [0.29, 0.717) is 81.0 Å². The first-order valence-electron chi connectivity index (χ1n) is 14.4. The number of benzene rings is 1. The van der Waals surface area contributed by atoms with Gasteiger partial charge in [0.2, 0.25) is 11.9 Å². The van der Waals surface area contributed by atoms with Crippen molar-refractivity contribution in [2.75, 3.05) is 54.4 Å². The monoisotopic (exact) mass is 558 g/mol. The summed E-state index contributed by atoms with van der Waals surface area (Å²) in [4.78, 5) is 61.1. The number of carbonyl (C=O) groups excluding carboxylic acids is 3. The quantitative estimate of drug-likeness (QED) is 0.276. The van der Waals surface area contributed by atoms with Crippen molar-refractivity contribution in [1.82, 2.24) is 24.8 Å². The molecule has 2 aromatic heterocycles. The fourth-order valence-electron chi connectivity index (χ4n) is 5.40. The van der Waals surface area contributed by atoms with E-state index in [1.807, 2.05) is 17.0 Å². The molecule has 6 rings (SSSR count). The fourth-order valence-corrected chi connectivity index (χ4v) is 5.40. The molecule has 0 unspecified atom stereocenters. The number of carbonyl (C=O) groups is 3. The van der Waals surface area contributed by atoms with Crippen molar-refractivity contribution in [1.29, 1.82) is 0 Å². The summed E-state index contributed by atoms with van der Waals surface area (Å²) in [5.41, 5.74) is 2.17. The van der Waals surface area contributed by atoms with Crippen molar-refractivity contribution in [3.8, 4) is 0 Å². The SMILES string of the molecule is O=C(CCCCN1CCCC1=O)c1ccc(N2CCN(c3ncncn3)CC2)c(NC(=O)c2coc(C3CC3)n2)c1. The number of hydrogen-bond acceptors (Lipinski definition) is 10. The van der Waals surface area contributed by atoms with Gasteiger partial charge in [0, 0.05) is 63.6 Å². The van der Waals surface area contributed by atoms with Crippen LogP contribution in [-0.2, 0) is 4.79 Å². The largest absolute Gasteiger partial charge is 0.448 e. The van der Waals surface area contributed by atoms with Gasteiger partial charge >= 0.3 is 0 Å². The molecule has 2 aliphatic heterocycles. The van der Waals surface area contributed by atoms with Crippen LogP contribution in [0.4, 0.5) is 17.3 Å². The molecule has 3 aromatic rings. The number of amides is 2. The molecule has 0 bridgehead atoms. The van der Waals surface area contributed by atoms with E-state index in [2.05, 4.69) is 35.1 Å². The van der Waals surface area contributed by atoms with Crippen LogP contribution in [0.15, 0.2) is 41.5 Å². The van der Waals surface area contributed by atoms with E-state index < -0.39 is 0 Å². The minimum absolute atomic E-state index is 0.0110. The van der Waals surface area contributed by atoms with E-state index in [9.17, 15) is 14.4 Å². The lowest BCUT2D eigenvalue weighted by Crippen LogP contribution is -2.47. The minimum atomic E-state index is -0.370. The second-order valence-corrected chi connectivity index (χ2v) is 10.8. The summed E-state index contributed by atoms with van der Waals surface area (Å²) in [5, 5.41) is 3.00. The zero-order chi connectivity index (χ0) is 28.2. The van der Waals surface area contributed by atoms with Gasteiger partial charge in [-0.05, 0) is 50.3 Å². The number of unbranched alkanes of at least 4 members (excludes halogenated alkanes) is 1.